The zero-order valence-electron chi connectivity index (χ0n) is 13.2. The van der Waals surface area contributed by atoms with Crippen molar-refractivity contribution < 1.29 is 17.9 Å². The van der Waals surface area contributed by atoms with Crippen LogP contribution in [0.4, 0.5) is 0 Å². The van der Waals surface area contributed by atoms with E-state index in [9.17, 15) is 13.2 Å². The number of methoxy groups -OCH3 is 1. The van der Waals surface area contributed by atoms with Gasteiger partial charge in [0, 0.05) is 19.6 Å². The minimum atomic E-state index is -3.70. The maximum absolute atomic E-state index is 13.0. The maximum atomic E-state index is 13.0. The van der Waals surface area contributed by atoms with Gasteiger partial charge in [-0.3, -0.25) is 0 Å². The first-order valence-electron chi connectivity index (χ1n) is 7.87. The molecule has 23 heavy (non-hydrogen) atoms. The third-order valence-electron chi connectivity index (χ3n) is 4.87. The summed E-state index contributed by atoms with van der Waals surface area (Å²) < 4.78 is 32.2. The zero-order chi connectivity index (χ0) is 16.5. The van der Waals surface area contributed by atoms with Gasteiger partial charge in [-0.2, -0.15) is 4.31 Å². The summed E-state index contributed by atoms with van der Waals surface area (Å²) in [5.74, 6) is -0.627. The van der Waals surface area contributed by atoms with Crippen LogP contribution in [0.3, 0.4) is 0 Å². The fourth-order valence-corrected chi connectivity index (χ4v) is 5.32. The predicted molar refractivity (Wildman–Crippen MR) is 85.7 cm³/mol. The third-order valence-corrected chi connectivity index (χ3v) is 6.78. The minimum absolute atomic E-state index is 0.0333. The summed E-state index contributed by atoms with van der Waals surface area (Å²) in [5.41, 5.74) is 0.128. The number of nitrogens with zero attached hydrogens (tertiary/aromatic N) is 1. The molecule has 2 saturated heterocycles. The molecule has 2 fully saturated rings. The molecule has 1 spiro atoms. The number of carbonyl (C=O) groups is 1. The van der Waals surface area contributed by atoms with Gasteiger partial charge < -0.3 is 10.1 Å². The van der Waals surface area contributed by atoms with Crippen molar-refractivity contribution >= 4 is 16.0 Å². The largest absolute Gasteiger partial charge is 0.465 e. The lowest BCUT2D eigenvalue weighted by Gasteiger charge is -2.33. The topological polar surface area (TPSA) is 75.7 Å². The number of nitrogens with one attached hydrogen (secondary N) is 1. The van der Waals surface area contributed by atoms with Crippen LogP contribution < -0.4 is 5.32 Å². The molecule has 0 bridgehead atoms. The number of hydrogen-bond donors (Lipinski definition) is 1. The Labute approximate surface area is 136 Å². The number of hydrogen-bond acceptors (Lipinski definition) is 5. The van der Waals surface area contributed by atoms with Crippen LogP contribution in [0.5, 0.6) is 0 Å². The van der Waals surface area contributed by atoms with E-state index in [2.05, 4.69) is 5.32 Å². The van der Waals surface area contributed by atoms with Crippen LogP contribution >= 0.6 is 0 Å². The Hall–Kier alpha value is -1.44. The van der Waals surface area contributed by atoms with Crippen LogP contribution in [0, 0.1) is 5.41 Å². The number of carbonyl (C=O) groups excluding carboxylic acids is 1. The van der Waals surface area contributed by atoms with E-state index in [1.165, 1.54) is 23.5 Å². The van der Waals surface area contributed by atoms with E-state index in [1.54, 1.807) is 12.1 Å². The molecule has 1 N–H and O–H groups in total. The highest BCUT2D eigenvalue weighted by atomic mass is 32.2. The average Bonchev–Trinajstić information content (AvgIpc) is 2.99. The van der Waals surface area contributed by atoms with Crippen LogP contribution in [0.1, 0.15) is 29.6 Å². The molecule has 126 valence electrons. The van der Waals surface area contributed by atoms with Gasteiger partial charge in [-0.15, -0.1) is 0 Å². The molecule has 0 unspecified atom stereocenters. The Balaban J connectivity index is 1.90. The summed E-state index contributed by atoms with van der Waals surface area (Å²) in [5, 5.41) is 3.37. The molecule has 7 heteroatoms. The number of rotatable bonds is 3. The molecule has 0 amide bonds. The van der Waals surface area contributed by atoms with E-state index >= 15 is 0 Å². The van der Waals surface area contributed by atoms with Crippen LogP contribution in [0.15, 0.2) is 29.2 Å². The number of sulfonamides is 1. The van der Waals surface area contributed by atoms with Crippen molar-refractivity contribution in [2.45, 2.75) is 24.2 Å². The molecule has 2 heterocycles. The summed E-state index contributed by atoms with van der Waals surface area (Å²) in [6, 6.07) is 6.24. The first kappa shape index (κ1) is 16.4. The Morgan fingerprint density at radius 1 is 1.30 bits per heavy atom. The monoisotopic (exact) mass is 338 g/mol. The lowest BCUT2D eigenvalue weighted by Crippen LogP contribution is -2.42. The second-order valence-corrected chi connectivity index (χ2v) is 8.26. The van der Waals surface area contributed by atoms with Gasteiger partial charge in [0.2, 0.25) is 10.0 Å². The number of ether oxygens (including phenoxy) is 1. The summed E-state index contributed by atoms with van der Waals surface area (Å²) in [6.45, 7) is 2.87. The van der Waals surface area contributed by atoms with Crippen molar-refractivity contribution in [2.75, 3.05) is 33.3 Å². The first-order chi connectivity index (χ1) is 11.0. The molecule has 0 aromatic heterocycles. The van der Waals surface area contributed by atoms with Crippen molar-refractivity contribution in [3.8, 4) is 0 Å². The van der Waals surface area contributed by atoms with Crippen LogP contribution in [-0.2, 0) is 14.8 Å². The zero-order valence-corrected chi connectivity index (χ0v) is 14.1. The Bertz CT molecular complexity index is 696. The van der Waals surface area contributed by atoms with Gasteiger partial charge in [-0.05, 0) is 43.4 Å². The van der Waals surface area contributed by atoms with E-state index in [0.29, 0.717) is 13.1 Å². The molecule has 0 aliphatic carbocycles. The van der Waals surface area contributed by atoms with Gasteiger partial charge in [-0.1, -0.05) is 12.1 Å². The fraction of sp³-hybridized carbons (Fsp3) is 0.562. The minimum Gasteiger partial charge on any atom is -0.465 e. The number of piperidine rings is 1. The van der Waals surface area contributed by atoms with Gasteiger partial charge in [0.25, 0.3) is 0 Å². The summed E-state index contributed by atoms with van der Waals surface area (Å²) >= 11 is 0. The first-order valence-corrected chi connectivity index (χ1v) is 9.31. The predicted octanol–water partition coefficient (Wildman–Crippen LogP) is 1.24. The highest BCUT2D eigenvalue weighted by Crippen LogP contribution is 2.39. The maximum Gasteiger partial charge on any atom is 0.339 e. The molecule has 2 aliphatic rings. The lowest BCUT2D eigenvalue weighted by molar-refractivity contribution is 0.0596. The van der Waals surface area contributed by atoms with E-state index in [-0.39, 0.29) is 15.9 Å². The smallest absolute Gasteiger partial charge is 0.339 e. The fourth-order valence-electron chi connectivity index (χ4n) is 3.59. The van der Waals surface area contributed by atoms with Crippen LogP contribution in [0.2, 0.25) is 0 Å². The molecule has 2 aliphatic heterocycles. The van der Waals surface area contributed by atoms with Crippen LogP contribution in [0.25, 0.3) is 0 Å². The Morgan fingerprint density at radius 3 is 2.78 bits per heavy atom. The van der Waals surface area contributed by atoms with E-state index in [1.807, 2.05) is 0 Å². The van der Waals surface area contributed by atoms with Crippen molar-refractivity contribution in [3.63, 3.8) is 0 Å². The Kier molecular flexibility index (Phi) is 4.44. The molecule has 0 radical (unpaired) electrons. The number of benzene rings is 1. The van der Waals surface area contributed by atoms with Gasteiger partial charge in [0.1, 0.15) is 0 Å². The standard InChI is InChI=1S/C16H22N2O4S/c1-22-15(19)13-5-2-3-6-14(13)23(20,21)18-10-8-16(12-18)7-4-9-17-11-16/h2-3,5-6,17H,4,7-12H2,1H3/t16-/m0/s1. The van der Waals surface area contributed by atoms with Crippen molar-refractivity contribution in [3.05, 3.63) is 29.8 Å². The molecular formula is C16H22N2O4S. The van der Waals surface area contributed by atoms with Gasteiger partial charge in [0.15, 0.2) is 0 Å². The summed E-state index contributed by atoms with van der Waals surface area (Å²) in [7, 11) is -2.44. The highest BCUT2D eigenvalue weighted by Gasteiger charge is 2.44. The van der Waals surface area contributed by atoms with Crippen molar-refractivity contribution in [1.82, 2.24) is 9.62 Å². The second kappa shape index (κ2) is 6.22. The molecule has 6 nitrogen and oxygen atoms in total. The highest BCUT2D eigenvalue weighted by molar-refractivity contribution is 7.89. The molecule has 1 aromatic rings. The number of esters is 1. The quantitative estimate of drug-likeness (QED) is 0.839. The molecule has 1 atom stereocenters. The Morgan fingerprint density at radius 2 is 2.09 bits per heavy atom. The van der Waals surface area contributed by atoms with Crippen molar-refractivity contribution in [2.24, 2.45) is 5.41 Å². The third kappa shape index (κ3) is 3.00. The molecule has 1 aromatic carbocycles. The van der Waals surface area contributed by atoms with Gasteiger partial charge >= 0.3 is 5.97 Å². The molecular weight excluding hydrogens is 316 g/mol. The van der Waals surface area contributed by atoms with Gasteiger partial charge in [-0.25, -0.2) is 13.2 Å². The lowest BCUT2D eigenvalue weighted by atomic mass is 9.80. The summed E-state index contributed by atoms with van der Waals surface area (Å²) in [6.07, 6.45) is 2.98. The van der Waals surface area contributed by atoms with E-state index in [0.717, 1.165) is 32.4 Å². The van der Waals surface area contributed by atoms with E-state index < -0.39 is 16.0 Å². The average molecular weight is 338 g/mol. The van der Waals surface area contributed by atoms with Gasteiger partial charge in [0.05, 0.1) is 17.6 Å². The second-order valence-electron chi connectivity index (χ2n) is 6.36. The SMILES string of the molecule is COC(=O)c1ccccc1S(=O)(=O)N1CC[C@]2(CCCNC2)C1. The van der Waals surface area contributed by atoms with E-state index in [4.69, 9.17) is 4.74 Å². The normalized spacial score (nSPS) is 25.6. The van der Waals surface area contributed by atoms with Crippen LogP contribution in [-0.4, -0.2) is 52.0 Å². The van der Waals surface area contributed by atoms with Crippen molar-refractivity contribution in [1.29, 1.82) is 0 Å². The molecule has 3 rings (SSSR count). The summed E-state index contributed by atoms with van der Waals surface area (Å²) in [4.78, 5) is 11.9. The molecule has 0 saturated carbocycles.